The summed E-state index contributed by atoms with van der Waals surface area (Å²) in [5.41, 5.74) is 0.889. The molecule has 0 unspecified atom stereocenters. The second-order valence-electron chi connectivity index (χ2n) is 6.05. The lowest BCUT2D eigenvalue weighted by Crippen LogP contribution is -2.38. The molecule has 1 aliphatic heterocycles. The lowest BCUT2D eigenvalue weighted by molar-refractivity contribution is 0.154. The number of nitrogens with zero attached hydrogens (tertiary/aromatic N) is 6. The summed E-state index contributed by atoms with van der Waals surface area (Å²) < 4.78 is 0. The number of β-amino-alcohol motifs (C(OH)–C–C–N with tert-alkyl or cyclic N) is 1. The third-order valence-corrected chi connectivity index (χ3v) is 4.98. The summed E-state index contributed by atoms with van der Waals surface area (Å²) in [4.78, 5) is 23.9. The second-order valence-corrected chi connectivity index (χ2v) is 6.91. The standard InChI is InChI=1S/C17H19N7OS/c25-13-3-1-8-24(10-13)14-4-7-20-17(23-14)21-9-12-11-26-16(22-12)15-18-5-2-6-19-15/h2,4-7,11,13,25H,1,3,8-10H2,(H,20,21,23)/t13-/m0/s1. The zero-order valence-corrected chi connectivity index (χ0v) is 14.9. The predicted octanol–water partition coefficient (Wildman–Crippen LogP) is 1.96. The molecule has 134 valence electrons. The molecule has 0 bridgehead atoms. The van der Waals surface area contributed by atoms with Crippen molar-refractivity contribution in [1.82, 2.24) is 24.9 Å². The zero-order chi connectivity index (χ0) is 17.8. The van der Waals surface area contributed by atoms with E-state index in [2.05, 4.69) is 35.1 Å². The van der Waals surface area contributed by atoms with Crippen molar-refractivity contribution in [3.8, 4) is 10.8 Å². The normalized spacial score (nSPS) is 17.3. The highest BCUT2D eigenvalue weighted by atomic mass is 32.1. The highest BCUT2D eigenvalue weighted by Crippen LogP contribution is 2.21. The van der Waals surface area contributed by atoms with Gasteiger partial charge in [-0.15, -0.1) is 11.3 Å². The Morgan fingerprint density at radius 1 is 1.19 bits per heavy atom. The summed E-state index contributed by atoms with van der Waals surface area (Å²) in [6, 6.07) is 3.65. The van der Waals surface area contributed by atoms with Crippen molar-refractivity contribution in [2.24, 2.45) is 0 Å². The Bertz CT molecular complexity index is 857. The maximum atomic E-state index is 9.84. The van der Waals surface area contributed by atoms with Crippen molar-refractivity contribution in [1.29, 1.82) is 0 Å². The van der Waals surface area contributed by atoms with E-state index in [1.165, 1.54) is 11.3 Å². The van der Waals surface area contributed by atoms with E-state index in [4.69, 9.17) is 0 Å². The van der Waals surface area contributed by atoms with Crippen LogP contribution in [0.4, 0.5) is 11.8 Å². The molecular formula is C17H19N7OS. The molecule has 1 saturated heterocycles. The van der Waals surface area contributed by atoms with Crippen molar-refractivity contribution in [2.75, 3.05) is 23.3 Å². The Hall–Kier alpha value is -2.65. The number of anilines is 2. The fraction of sp³-hybridized carbons (Fsp3) is 0.353. The molecule has 8 nitrogen and oxygen atoms in total. The summed E-state index contributed by atoms with van der Waals surface area (Å²) >= 11 is 1.51. The molecule has 0 aromatic carbocycles. The lowest BCUT2D eigenvalue weighted by atomic mass is 10.1. The van der Waals surface area contributed by atoms with Gasteiger partial charge in [-0.25, -0.2) is 19.9 Å². The van der Waals surface area contributed by atoms with Gasteiger partial charge in [0.1, 0.15) is 5.82 Å². The van der Waals surface area contributed by atoms with Gasteiger partial charge in [0.2, 0.25) is 5.95 Å². The van der Waals surface area contributed by atoms with E-state index in [0.717, 1.165) is 35.9 Å². The number of aliphatic hydroxyl groups excluding tert-OH is 1. The Labute approximate surface area is 155 Å². The first-order chi connectivity index (χ1) is 12.8. The van der Waals surface area contributed by atoms with E-state index in [9.17, 15) is 5.11 Å². The van der Waals surface area contributed by atoms with Gasteiger partial charge < -0.3 is 15.3 Å². The molecule has 0 radical (unpaired) electrons. The molecule has 0 aliphatic carbocycles. The van der Waals surface area contributed by atoms with E-state index >= 15 is 0 Å². The van der Waals surface area contributed by atoms with Crippen LogP contribution >= 0.6 is 11.3 Å². The smallest absolute Gasteiger partial charge is 0.224 e. The monoisotopic (exact) mass is 369 g/mol. The molecule has 26 heavy (non-hydrogen) atoms. The van der Waals surface area contributed by atoms with Crippen LogP contribution in [0.2, 0.25) is 0 Å². The molecule has 0 saturated carbocycles. The van der Waals surface area contributed by atoms with Crippen LogP contribution in [0.5, 0.6) is 0 Å². The Balaban J connectivity index is 1.41. The van der Waals surface area contributed by atoms with Gasteiger partial charge in [0.25, 0.3) is 0 Å². The summed E-state index contributed by atoms with van der Waals surface area (Å²) in [5, 5.41) is 15.8. The number of aliphatic hydroxyl groups is 1. The number of piperidine rings is 1. The van der Waals surface area contributed by atoms with Crippen LogP contribution in [0, 0.1) is 0 Å². The second kappa shape index (κ2) is 7.71. The van der Waals surface area contributed by atoms with E-state index in [1.54, 1.807) is 24.7 Å². The molecule has 0 amide bonds. The first-order valence-electron chi connectivity index (χ1n) is 8.49. The van der Waals surface area contributed by atoms with Crippen LogP contribution in [-0.4, -0.2) is 49.2 Å². The highest BCUT2D eigenvalue weighted by molar-refractivity contribution is 7.13. The van der Waals surface area contributed by atoms with Gasteiger partial charge in [0.05, 0.1) is 18.3 Å². The Kier molecular flexibility index (Phi) is 4.98. The van der Waals surface area contributed by atoms with E-state index < -0.39 is 0 Å². The van der Waals surface area contributed by atoms with Crippen LogP contribution in [0.25, 0.3) is 10.8 Å². The van der Waals surface area contributed by atoms with Crippen molar-refractivity contribution in [2.45, 2.75) is 25.5 Å². The highest BCUT2D eigenvalue weighted by Gasteiger charge is 2.19. The summed E-state index contributed by atoms with van der Waals surface area (Å²) in [5.74, 6) is 2.01. The maximum Gasteiger partial charge on any atom is 0.224 e. The van der Waals surface area contributed by atoms with Gasteiger partial charge in [0, 0.05) is 37.1 Å². The van der Waals surface area contributed by atoms with Gasteiger partial charge in [-0.3, -0.25) is 0 Å². The van der Waals surface area contributed by atoms with Crippen LogP contribution in [0.15, 0.2) is 36.1 Å². The average molecular weight is 369 g/mol. The molecule has 4 rings (SSSR count). The van der Waals surface area contributed by atoms with Crippen molar-refractivity contribution < 1.29 is 5.11 Å². The van der Waals surface area contributed by atoms with Gasteiger partial charge in [0.15, 0.2) is 10.8 Å². The molecule has 1 aliphatic rings. The van der Waals surface area contributed by atoms with Gasteiger partial charge in [-0.1, -0.05) is 0 Å². The van der Waals surface area contributed by atoms with Crippen LogP contribution in [0.3, 0.4) is 0 Å². The molecule has 1 atom stereocenters. The number of hydrogen-bond donors (Lipinski definition) is 2. The van der Waals surface area contributed by atoms with Crippen molar-refractivity contribution >= 4 is 23.1 Å². The first kappa shape index (κ1) is 16.8. The summed E-state index contributed by atoms with van der Waals surface area (Å²) in [6.45, 7) is 2.04. The van der Waals surface area contributed by atoms with Crippen molar-refractivity contribution in [3.05, 3.63) is 41.8 Å². The predicted molar refractivity (Wildman–Crippen MR) is 100.0 cm³/mol. The maximum absolute atomic E-state index is 9.84. The molecule has 2 N–H and O–H groups in total. The molecule has 3 aromatic heterocycles. The quantitative estimate of drug-likeness (QED) is 0.704. The molecule has 4 heterocycles. The number of thiazole rings is 1. The molecule has 0 spiro atoms. The molecule has 9 heteroatoms. The average Bonchev–Trinajstić information content (AvgIpc) is 3.16. The van der Waals surface area contributed by atoms with Crippen molar-refractivity contribution in [3.63, 3.8) is 0 Å². The summed E-state index contributed by atoms with van der Waals surface area (Å²) in [6.07, 6.45) is 6.68. The lowest BCUT2D eigenvalue weighted by Gasteiger charge is -2.31. The van der Waals surface area contributed by atoms with Crippen LogP contribution < -0.4 is 10.2 Å². The van der Waals surface area contributed by atoms with Crippen LogP contribution in [-0.2, 0) is 6.54 Å². The molecular weight excluding hydrogens is 350 g/mol. The van der Waals surface area contributed by atoms with Gasteiger partial charge in [-0.2, -0.15) is 4.98 Å². The zero-order valence-electron chi connectivity index (χ0n) is 14.1. The number of hydrogen-bond acceptors (Lipinski definition) is 9. The first-order valence-corrected chi connectivity index (χ1v) is 9.37. The van der Waals surface area contributed by atoms with Crippen LogP contribution in [0.1, 0.15) is 18.5 Å². The van der Waals surface area contributed by atoms with Gasteiger partial charge in [-0.05, 0) is 25.0 Å². The minimum atomic E-state index is -0.288. The van der Waals surface area contributed by atoms with E-state index in [-0.39, 0.29) is 6.10 Å². The minimum Gasteiger partial charge on any atom is -0.391 e. The Morgan fingerprint density at radius 2 is 2.08 bits per heavy atom. The fourth-order valence-corrected chi connectivity index (χ4v) is 3.61. The number of nitrogens with one attached hydrogen (secondary N) is 1. The van der Waals surface area contributed by atoms with E-state index in [0.29, 0.717) is 24.9 Å². The van der Waals surface area contributed by atoms with Gasteiger partial charge >= 0.3 is 0 Å². The number of rotatable bonds is 5. The minimum absolute atomic E-state index is 0.288. The Morgan fingerprint density at radius 3 is 2.92 bits per heavy atom. The SMILES string of the molecule is O[C@H]1CCCN(c2ccnc(NCc3csc(-c4ncccn4)n3)n2)C1. The largest absolute Gasteiger partial charge is 0.391 e. The fourth-order valence-electron chi connectivity index (χ4n) is 2.84. The molecule has 3 aromatic rings. The topological polar surface area (TPSA) is 100.0 Å². The summed E-state index contributed by atoms with van der Waals surface area (Å²) in [7, 11) is 0. The van der Waals surface area contributed by atoms with E-state index in [1.807, 2.05) is 11.4 Å². The molecule has 1 fully saturated rings. The third-order valence-electron chi connectivity index (χ3n) is 4.10. The third kappa shape index (κ3) is 3.94. The number of aromatic nitrogens is 5.